The number of nitrogen functional groups attached to an aromatic ring is 1. The molecule has 1 aromatic heterocycles. The smallest absolute Gasteiger partial charge is 0.255 e. The molecule has 1 amide bonds. The highest BCUT2D eigenvalue weighted by Crippen LogP contribution is 2.19. The lowest BCUT2D eigenvalue weighted by Gasteiger charge is -2.10. The standard InChI is InChI=1S/C22H19N5O/c23-18-3-1-2-4-19(18)27-22(28)16-7-5-15(6-8-16)14-26-17-9-10-20-21(13-17)25-12-11-24-20/h1-13,26H,14,23H2,(H,27,28). The SMILES string of the molecule is Nc1ccccc1NC(=O)c1ccc(CNc2ccc3nccnc3c2)cc1. The molecule has 6 heteroatoms. The first-order valence-corrected chi connectivity index (χ1v) is 8.88. The fraction of sp³-hybridized carbons (Fsp3) is 0.0455. The van der Waals surface area contributed by atoms with E-state index in [4.69, 9.17) is 5.73 Å². The van der Waals surface area contributed by atoms with Gasteiger partial charge in [-0.3, -0.25) is 14.8 Å². The molecule has 4 N–H and O–H groups in total. The zero-order chi connectivity index (χ0) is 19.3. The molecule has 138 valence electrons. The van der Waals surface area contributed by atoms with Crippen molar-refractivity contribution >= 4 is 34.0 Å². The van der Waals surface area contributed by atoms with Gasteiger partial charge < -0.3 is 16.4 Å². The molecule has 0 spiro atoms. The van der Waals surface area contributed by atoms with Gasteiger partial charge in [0.05, 0.1) is 22.4 Å². The van der Waals surface area contributed by atoms with Crippen molar-refractivity contribution in [1.29, 1.82) is 0 Å². The molecular formula is C22H19N5O. The van der Waals surface area contributed by atoms with E-state index in [1.165, 1.54) is 0 Å². The number of rotatable bonds is 5. The number of benzene rings is 3. The van der Waals surface area contributed by atoms with Crippen LogP contribution in [0, 0.1) is 0 Å². The summed E-state index contributed by atoms with van der Waals surface area (Å²) in [5.41, 5.74) is 11.3. The summed E-state index contributed by atoms with van der Waals surface area (Å²) >= 11 is 0. The fourth-order valence-corrected chi connectivity index (χ4v) is 2.86. The predicted molar refractivity (Wildman–Crippen MR) is 112 cm³/mol. The molecule has 0 fully saturated rings. The second kappa shape index (κ2) is 7.75. The molecule has 0 aliphatic heterocycles. The Labute approximate surface area is 162 Å². The molecule has 28 heavy (non-hydrogen) atoms. The molecule has 4 aromatic rings. The maximum atomic E-state index is 12.4. The first-order valence-electron chi connectivity index (χ1n) is 8.88. The van der Waals surface area contributed by atoms with Gasteiger partial charge in [0.1, 0.15) is 0 Å². The first kappa shape index (κ1) is 17.5. The molecule has 0 unspecified atom stereocenters. The van der Waals surface area contributed by atoms with Crippen LogP contribution in [-0.4, -0.2) is 15.9 Å². The average molecular weight is 369 g/mol. The van der Waals surface area contributed by atoms with Gasteiger partial charge >= 0.3 is 0 Å². The number of carbonyl (C=O) groups is 1. The van der Waals surface area contributed by atoms with Crippen molar-refractivity contribution < 1.29 is 4.79 Å². The highest BCUT2D eigenvalue weighted by atomic mass is 16.1. The number of nitrogens with one attached hydrogen (secondary N) is 2. The summed E-state index contributed by atoms with van der Waals surface area (Å²) in [7, 11) is 0. The lowest BCUT2D eigenvalue weighted by molar-refractivity contribution is 0.102. The summed E-state index contributed by atoms with van der Waals surface area (Å²) in [6.45, 7) is 0.638. The number of carbonyl (C=O) groups excluding carboxylic acids is 1. The van der Waals surface area contributed by atoms with Gasteiger partial charge in [-0.1, -0.05) is 24.3 Å². The summed E-state index contributed by atoms with van der Waals surface area (Å²) < 4.78 is 0. The zero-order valence-corrected chi connectivity index (χ0v) is 15.1. The van der Waals surface area contributed by atoms with Gasteiger partial charge in [-0.2, -0.15) is 0 Å². The Morgan fingerprint density at radius 3 is 2.43 bits per heavy atom. The second-order valence-electron chi connectivity index (χ2n) is 6.35. The first-order chi connectivity index (χ1) is 13.7. The van der Waals surface area contributed by atoms with Crippen molar-refractivity contribution in [2.75, 3.05) is 16.4 Å². The molecular weight excluding hydrogens is 350 g/mol. The maximum absolute atomic E-state index is 12.4. The van der Waals surface area contributed by atoms with E-state index >= 15 is 0 Å². The molecule has 0 atom stereocenters. The number of fused-ring (bicyclic) bond motifs is 1. The van der Waals surface area contributed by atoms with Gasteiger partial charge in [0.15, 0.2) is 0 Å². The Balaban J connectivity index is 1.40. The zero-order valence-electron chi connectivity index (χ0n) is 15.1. The largest absolute Gasteiger partial charge is 0.397 e. The highest BCUT2D eigenvalue weighted by molar-refractivity contribution is 6.05. The number of amides is 1. The van der Waals surface area contributed by atoms with Crippen LogP contribution in [0.15, 0.2) is 79.1 Å². The number of hydrogen-bond acceptors (Lipinski definition) is 5. The molecule has 1 heterocycles. The number of nitrogens with zero attached hydrogens (tertiary/aromatic N) is 2. The minimum absolute atomic E-state index is 0.189. The van der Waals surface area contributed by atoms with Crippen LogP contribution in [0.5, 0.6) is 0 Å². The summed E-state index contributed by atoms with van der Waals surface area (Å²) in [5.74, 6) is -0.189. The van der Waals surface area contributed by atoms with Crippen LogP contribution in [0.25, 0.3) is 11.0 Å². The Kier molecular flexibility index (Phi) is 4.84. The number of nitrogens with two attached hydrogens (primary N) is 1. The van der Waals surface area contributed by atoms with Gasteiger partial charge in [0.25, 0.3) is 5.91 Å². The third-order valence-electron chi connectivity index (χ3n) is 4.39. The molecule has 0 bridgehead atoms. The van der Waals surface area contributed by atoms with Gasteiger partial charge in [-0.25, -0.2) is 0 Å². The van der Waals surface area contributed by atoms with E-state index in [9.17, 15) is 4.79 Å². The summed E-state index contributed by atoms with van der Waals surface area (Å²) in [6, 6.07) is 20.5. The van der Waals surface area contributed by atoms with E-state index in [2.05, 4.69) is 20.6 Å². The number of hydrogen-bond donors (Lipinski definition) is 3. The van der Waals surface area contributed by atoms with Crippen LogP contribution in [-0.2, 0) is 6.54 Å². The third-order valence-corrected chi connectivity index (χ3v) is 4.39. The normalized spacial score (nSPS) is 10.6. The van der Waals surface area contributed by atoms with E-state index < -0.39 is 0 Å². The highest BCUT2D eigenvalue weighted by Gasteiger charge is 2.08. The Hall–Kier alpha value is -3.93. The van der Waals surface area contributed by atoms with Crippen molar-refractivity contribution in [2.24, 2.45) is 0 Å². The van der Waals surface area contributed by atoms with E-state index in [1.807, 2.05) is 42.5 Å². The van der Waals surface area contributed by atoms with Crippen LogP contribution >= 0.6 is 0 Å². The lowest BCUT2D eigenvalue weighted by atomic mass is 10.1. The Morgan fingerprint density at radius 2 is 1.64 bits per heavy atom. The average Bonchev–Trinajstić information content (AvgIpc) is 2.74. The number of aromatic nitrogens is 2. The van der Waals surface area contributed by atoms with Crippen molar-refractivity contribution in [3.05, 3.63) is 90.3 Å². The van der Waals surface area contributed by atoms with E-state index in [0.717, 1.165) is 22.3 Å². The van der Waals surface area contributed by atoms with Crippen molar-refractivity contribution in [2.45, 2.75) is 6.54 Å². The summed E-state index contributed by atoms with van der Waals surface area (Å²) in [6.07, 6.45) is 3.36. The number of para-hydroxylation sites is 2. The van der Waals surface area contributed by atoms with Gasteiger partial charge in [0.2, 0.25) is 0 Å². The van der Waals surface area contributed by atoms with E-state index in [-0.39, 0.29) is 5.91 Å². The van der Waals surface area contributed by atoms with Crippen molar-refractivity contribution in [3.8, 4) is 0 Å². The van der Waals surface area contributed by atoms with E-state index in [1.54, 1.807) is 36.7 Å². The minimum Gasteiger partial charge on any atom is -0.397 e. The van der Waals surface area contributed by atoms with Crippen LogP contribution in [0.3, 0.4) is 0 Å². The number of anilines is 3. The quantitative estimate of drug-likeness (QED) is 0.461. The van der Waals surface area contributed by atoms with Gasteiger partial charge in [-0.05, 0) is 48.0 Å². The Morgan fingerprint density at radius 1 is 0.893 bits per heavy atom. The molecule has 0 radical (unpaired) electrons. The molecule has 6 nitrogen and oxygen atoms in total. The molecule has 0 saturated heterocycles. The van der Waals surface area contributed by atoms with Crippen LogP contribution in [0.1, 0.15) is 15.9 Å². The Bertz CT molecular complexity index is 1130. The predicted octanol–water partition coefficient (Wildman–Crippen LogP) is 4.08. The summed E-state index contributed by atoms with van der Waals surface area (Å²) in [5, 5.41) is 6.19. The third kappa shape index (κ3) is 3.91. The molecule has 0 saturated carbocycles. The fourth-order valence-electron chi connectivity index (χ4n) is 2.86. The van der Waals surface area contributed by atoms with Gasteiger partial charge in [0, 0.05) is 30.2 Å². The minimum atomic E-state index is -0.189. The molecule has 4 rings (SSSR count). The lowest BCUT2D eigenvalue weighted by Crippen LogP contribution is -2.13. The molecule has 0 aliphatic carbocycles. The van der Waals surface area contributed by atoms with Crippen LogP contribution < -0.4 is 16.4 Å². The van der Waals surface area contributed by atoms with Crippen molar-refractivity contribution in [1.82, 2.24) is 9.97 Å². The topological polar surface area (TPSA) is 92.9 Å². The maximum Gasteiger partial charge on any atom is 0.255 e. The molecule has 0 aliphatic rings. The molecule has 3 aromatic carbocycles. The van der Waals surface area contributed by atoms with Gasteiger partial charge in [-0.15, -0.1) is 0 Å². The second-order valence-corrected chi connectivity index (χ2v) is 6.35. The van der Waals surface area contributed by atoms with E-state index in [0.29, 0.717) is 23.5 Å². The van der Waals surface area contributed by atoms with Crippen LogP contribution in [0.2, 0.25) is 0 Å². The van der Waals surface area contributed by atoms with Crippen molar-refractivity contribution in [3.63, 3.8) is 0 Å². The monoisotopic (exact) mass is 369 g/mol. The van der Waals surface area contributed by atoms with Crippen LogP contribution in [0.4, 0.5) is 17.1 Å². The summed E-state index contributed by atoms with van der Waals surface area (Å²) in [4.78, 5) is 21.0.